The van der Waals surface area contributed by atoms with Gasteiger partial charge in [-0.3, -0.25) is 5.01 Å². The Morgan fingerprint density at radius 3 is 2.56 bits per heavy atom. The van der Waals surface area contributed by atoms with Crippen molar-refractivity contribution in [1.82, 2.24) is 10.5 Å². The SMILES string of the molecule is CC1=CN(C(C)C)N[NH2+]1. The number of hydrogen-bond acceptors (Lipinski definition) is 2. The Labute approximate surface area is 55.7 Å². The van der Waals surface area contributed by atoms with E-state index < -0.39 is 0 Å². The van der Waals surface area contributed by atoms with E-state index in [4.69, 9.17) is 0 Å². The van der Waals surface area contributed by atoms with Gasteiger partial charge in [0.1, 0.15) is 5.70 Å². The fourth-order valence-electron chi connectivity index (χ4n) is 0.768. The molecule has 3 N–H and O–H groups in total. The molecule has 0 bridgehead atoms. The van der Waals surface area contributed by atoms with Crippen LogP contribution in [0.25, 0.3) is 0 Å². The molecule has 0 unspecified atom stereocenters. The number of rotatable bonds is 1. The van der Waals surface area contributed by atoms with Crippen LogP contribution in [0.2, 0.25) is 0 Å². The zero-order valence-corrected chi connectivity index (χ0v) is 6.18. The maximum absolute atomic E-state index is 3.12. The zero-order valence-electron chi connectivity index (χ0n) is 6.18. The molecule has 1 heterocycles. The first-order chi connectivity index (χ1) is 4.20. The van der Waals surface area contributed by atoms with Crippen LogP contribution in [0, 0.1) is 0 Å². The number of quaternary nitrogens is 1. The molecule has 0 aromatic carbocycles. The van der Waals surface area contributed by atoms with Gasteiger partial charge in [0.25, 0.3) is 0 Å². The smallest absolute Gasteiger partial charge is 0.141 e. The number of nitrogens with two attached hydrogens (primary N) is 1. The lowest BCUT2D eigenvalue weighted by atomic mass is 10.4. The first-order valence-corrected chi connectivity index (χ1v) is 3.26. The van der Waals surface area contributed by atoms with Crippen LogP contribution in [0.15, 0.2) is 11.9 Å². The molecule has 0 aromatic heterocycles. The van der Waals surface area contributed by atoms with E-state index in [2.05, 4.69) is 37.5 Å². The van der Waals surface area contributed by atoms with E-state index in [1.54, 1.807) is 0 Å². The van der Waals surface area contributed by atoms with Crippen LogP contribution in [-0.2, 0) is 0 Å². The lowest BCUT2D eigenvalue weighted by Gasteiger charge is -2.15. The van der Waals surface area contributed by atoms with Crippen molar-refractivity contribution in [2.45, 2.75) is 26.8 Å². The molecule has 0 aliphatic carbocycles. The van der Waals surface area contributed by atoms with E-state index >= 15 is 0 Å². The third kappa shape index (κ3) is 1.43. The minimum Gasteiger partial charge on any atom is -0.264 e. The van der Waals surface area contributed by atoms with Crippen molar-refractivity contribution in [3.8, 4) is 0 Å². The predicted octanol–water partition coefficient (Wildman–Crippen LogP) is -0.445. The molecule has 0 amide bonds. The van der Waals surface area contributed by atoms with Crippen LogP contribution in [0.3, 0.4) is 0 Å². The van der Waals surface area contributed by atoms with Crippen molar-refractivity contribution >= 4 is 0 Å². The molecular formula is C6H14N3+. The first kappa shape index (κ1) is 6.58. The lowest BCUT2D eigenvalue weighted by Crippen LogP contribution is -2.90. The van der Waals surface area contributed by atoms with Crippen molar-refractivity contribution in [3.05, 3.63) is 11.9 Å². The topological polar surface area (TPSA) is 31.9 Å². The van der Waals surface area contributed by atoms with E-state index in [9.17, 15) is 0 Å². The normalized spacial score (nSPS) is 19.1. The third-order valence-corrected chi connectivity index (χ3v) is 1.34. The molecule has 9 heavy (non-hydrogen) atoms. The maximum atomic E-state index is 3.12. The third-order valence-electron chi connectivity index (χ3n) is 1.34. The molecule has 0 saturated carbocycles. The van der Waals surface area contributed by atoms with Crippen LogP contribution in [0.1, 0.15) is 20.8 Å². The van der Waals surface area contributed by atoms with Gasteiger partial charge < -0.3 is 0 Å². The molecule has 0 saturated heterocycles. The van der Waals surface area contributed by atoms with Crippen molar-refractivity contribution in [3.63, 3.8) is 0 Å². The molecule has 0 fully saturated rings. The summed E-state index contributed by atoms with van der Waals surface area (Å²) < 4.78 is 0. The summed E-state index contributed by atoms with van der Waals surface area (Å²) in [6.07, 6.45) is 2.10. The summed E-state index contributed by atoms with van der Waals surface area (Å²) in [6, 6.07) is 0.540. The van der Waals surface area contributed by atoms with Crippen molar-refractivity contribution in [2.24, 2.45) is 0 Å². The van der Waals surface area contributed by atoms with Gasteiger partial charge in [0.05, 0.1) is 6.20 Å². The Morgan fingerprint density at radius 1 is 1.67 bits per heavy atom. The summed E-state index contributed by atoms with van der Waals surface area (Å²) in [7, 11) is 0. The summed E-state index contributed by atoms with van der Waals surface area (Å²) in [5.41, 5.74) is 6.40. The van der Waals surface area contributed by atoms with Crippen LogP contribution in [-0.4, -0.2) is 11.1 Å². The predicted molar refractivity (Wildman–Crippen MR) is 35.8 cm³/mol. The van der Waals surface area contributed by atoms with Crippen molar-refractivity contribution in [1.29, 1.82) is 0 Å². The molecule has 1 rings (SSSR count). The fourth-order valence-corrected chi connectivity index (χ4v) is 0.768. The molecule has 0 aromatic rings. The van der Waals surface area contributed by atoms with Gasteiger partial charge in [0.15, 0.2) is 0 Å². The zero-order chi connectivity index (χ0) is 6.85. The summed E-state index contributed by atoms with van der Waals surface area (Å²) in [5, 5.41) is 2.08. The Bertz CT molecular complexity index is 128. The highest BCUT2D eigenvalue weighted by Gasteiger charge is 2.13. The highest BCUT2D eigenvalue weighted by Crippen LogP contribution is 1.96. The van der Waals surface area contributed by atoms with E-state index in [1.165, 1.54) is 5.70 Å². The van der Waals surface area contributed by atoms with Crippen LogP contribution < -0.4 is 11.0 Å². The van der Waals surface area contributed by atoms with Gasteiger partial charge in [0.2, 0.25) is 0 Å². The Morgan fingerprint density at radius 2 is 2.33 bits per heavy atom. The molecule has 0 spiro atoms. The van der Waals surface area contributed by atoms with Crippen molar-refractivity contribution in [2.75, 3.05) is 0 Å². The summed E-state index contributed by atoms with van der Waals surface area (Å²) in [5.74, 6) is 0. The van der Waals surface area contributed by atoms with E-state index in [0.29, 0.717) is 6.04 Å². The minimum absolute atomic E-state index is 0.540. The van der Waals surface area contributed by atoms with Gasteiger partial charge in [-0.15, -0.1) is 0 Å². The molecule has 52 valence electrons. The highest BCUT2D eigenvalue weighted by molar-refractivity contribution is 4.87. The van der Waals surface area contributed by atoms with Gasteiger partial charge >= 0.3 is 0 Å². The number of hydrazine groups is 1. The van der Waals surface area contributed by atoms with Gasteiger partial charge in [-0.05, 0) is 13.8 Å². The fraction of sp³-hybridized carbons (Fsp3) is 0.667. The number of nitrogens with one attached hydrogen (secondary N) is 1. The quantitative estimate of drug-likeness (QED) is 0.469. The molecule has 0 atom stereocenters. The largest absolute Gasteiger partial charge is 0.264 e. The standard InChI is InChI=1S/C6H13N3/c1-5(2)9-4-6(3)7-8-9/h4-5,7-8H,1-3H3/p+1. The first-order valence-electron chi connectivity index (χ1n) is 3.26. The summed E-state index contributed by atoms with van der Waals surface area (Å²) >= 11 is 0. The molecule has 0 radical (unpaired) electrons. The van der Waals surface area contributed by atoms with E-state index in [-0.39, 0.29) is 0 Å². The minimum atomic E-state index is 0.540. The Hall–Kier alpha value is -0.540. The van der Waals surface area contributed by atoms with Crippen molar-refractivity contribution < 1.29 is 5.43 Å². The average molecular weight is 128 g/mol. The monoisotopic (exact) mass is 128 g/mol. The van der Waals surface area contributed by atoms with Crippen LogP contribution in [0.5, 0.6) is 0 Å². The molecule has 1 aliphatic heterocycles. The van der Waals surface area contributed by atoms with E-state index in [1.807, 2.05) is 5.43 Å². The van der Waals surface area contributed by atoms with Gasteiger partial charge in [0, 0.05) is 13.0 Å². The highest BCUT2D eigenvalue weighted by atomic mass is 15.7. The Kier molecular flexibility index (Phi) is 1.73. The van der Waals surface area contributed by atoms with Gasteiger partial charge in [-0.1, -0.05) is 5.53 Å². The molecule has 3 heteroatoms. The van der Waals surface area contributed by atoms with Gasteiger partial charge in [-0.25, -0.2) is 5.43 Å². The number of hydrogen-bond donors (Lipinski definition) is 2. The molecule has 3 nitrogen and oxygen atoms in total. The Balaban J connectivity index is 2.47. The molecular weight excluding hydrogens is 114 g/mol. The van der Waals surface area contributed by atoms with Crippen LogP contribution >= 0.6 is 0 Å². The summed E-state index contributed by atoms with van der Waals surface area (Å²) in [6.45, 7) is 6.38. The average Bonchev–Trinajstić information content (AvgIpc) is 2.14. The molecule has 1 aliphatic rings. The number of nitrogens with zero attached hydrogens (tertiary/aromatic N) is 1. The number of allylic oxidation sites excluding steroid dienone is 1. The lowest BCUT2D eigenvalue weighted by molar-refractivity contribution is -0.677. The van der Waals surface area contributed by atoms with Crippen LogP contribution in [0.4, 0.5) is 0 Å². The maximum Gasteiger partial charge on any atom is 0.141 e. The van der Waals surface area contributed by atoms with E-state index in [0.717, 1.165) is 0 Å². The second kappa shape index (κ2) is 2.37. The second-order valence-electron chi connectivity index (χ2n) is 2.65. The van der Waals surface area contributed by atoms with Gasteiger partial charge in [-0.2, -0.15) is 0 Å². The second-order valence-corrected chi connectivity index (χ2v) is 2.65. The summed E-state index contributed by atoms with van der Waals surface area (Å²) in [4.78, 5) is 0.